The number of pyridine rings is 1. The number of hydrogen-bond acceptors (Lipinski definition) is 4. The Morgan fingerprint density at radius 2 is 2.41 bits per heavy atom. The highest BCUT2D eigenvalue weighted by molar-refractivity contribution is 7.91. The van der Waals surface area contributed by atoms with Gasteiger partial charge in [-0.05, 0) is 31.0 Å². The van der Waals surface area contributed by atoms with Crippen LogP contribution < -0.4 is 5.32 Å². The van der Waals surface area contributed by atoms with Gasteiger partial charge in [0.1, 0.15) is 0 Å². The van der Waals surface area contributed by atoms with Crippen LogP contribution in [0.1, 0.15) is 17.9 Å². The SMILES string of the molecule is CNCC(c1cccnc1)C1CCS(=O)(=O)C1. The second-order valence-electron chi connectivity index (χ2n) is 4.61. The first-order chi connectivity index (χ1) is 8.12. The van der Waals surface area contributed by atoms with Gasteiger partial charge < -0.3 is 5.32 Å². The highest BCUT2D eigenvalue weighted by Crippen LogP contribution is 2.32. The third-order valence-corrected chi connectivity index (χ3v) is 5.17. The van der Waals surface area contributed by atoms with E-state index in [1.165, 1.54) is 0 Å². The molecular formula is C12H18N2O2S. The summed E-state index contributed by atoms with van der Waals surface area (Å²) in [6.07, 6.45) is 4.35. The molecule has 2 atom stereocenters. The molecule has 4 nitrogen and oxygen atoms in total. The van der Waals surface area contributed by atoms with Crippen LogP contribution in [0.25, 0.3) is 0 Å². The molecule has 2 rings (SSSR count). The minimum absolute atomic E-state index is 0.219. The van der Waals surface area contributed by atoms with Gasteiger partial charge in [0.15, 0.2) is 9.84 Å². The smallest absolute Gasteiger partial charge is 0.150 e. The minimum atomic E-state index is -2.81. The molecule has 0 bridgehead atoms. The summed E-state index contributed by atoms with van der Waals surface area (Å²) in [4.78, 5) is 4.12. The molecule has 0 amide bonds. The van der Waals surface area contributed by atoms with E-state index in [1.54, 1.807) is 6.20 Å². The molecule has 2 heterocycles. The zero-order chi connectivity index (χ0) is 12.3. The Morgan fingerprint density at radius 3 is 2.94 bits per heavy atom. The van der Waals surface area contributed by atoms with Crippen LogP contribution in [0.5, 0.6) is 0 Å². The Bertz CT molecular complexity index is 459. The summed E-state index contributed by atoms with van der Waals surface area (Å²) in [6.45, 7) is 0.798. The van der Waals surface area contributed by atoms with E-state index in [-0.39, 0.29) is 11.8 Å². The Morgan fingerprint density at radius 1 is 1.59 bits per heavy atom. The van der Waals surface area contributed by atoms with E-state index in [1.807, 2.05) is 25.4 Å². The van der Waals surface area contributed by atoms with Crippen molar-refractivity contribution in [2.24, 2.45) is 5.92 Å². The number of hydrogen-bond donors (Lipinski definition) is 1. The first kappa shape index (κ1) is 12.5. The predicted molar refractivity (Wildman–Crippen MR) is 67.7 cm³/mol. The van der Waals surface area contributed by atoms with Crippen LogP contribution in [0, 0.1) is 5.92 Å². The third-order valence-electron chi connectivity index (χ3n) is 3.37. The molecule has 2 unspecified atom stereocenters. The van der Waals surface area contributed by atoms with Crippen molar-refractivity contribution in [1.82, 2.24) is 10.3 Å². The van der Waals surface area contributed by atoms with E-state index in [9.17, 15) is 8.42 Å². The van der Waals surface area contributed by atoms with Crippen LogP contribution in [-0.4, -0.2) is 38.5 Å². The lowest BCUT2D eigenvalue weighted by Crippen LogP contribution is -2.25. The van der Waals surface area contributed by atoms with Crippen LogP contribution in [-0.2, 0) is 9.84 Å². The molecule has 1 aromatic rings. The van der Waals surface area contributed by atoms with Crippen molar-refractivity contribution in [3.05, 3.63) is 30.1 Å². The summed E-state index contributed by atoms with van der Waals surface area (Å²) < 4.78 is 23.1. The van der Waals surface area contributed by atoms with Crippen molar-refractivity contribution in [2.45, 2.75) is 12.3 Å². The topological polar surface area (TPSA) is 59.1 Å². The molecule has 0 aliphatic carbocycles. The van der Waals surface area contributed by atoms with Gasteiger partial charge in [0.25, 0.3) is 0 Å². The van der Waals surface area contributed by atoms with Crippen LogP contribution >= 0.6 is 0 Å². The lowest BCUT2D eigenvalue weighted by atomic mass is 9.86. The van der Waals surface area contributed by atoms with E-state index in [0.29, 0.717) is 11.5 Å². The summed E-state index contributed by atoms with van der Waals surface area (Å²) in [5.74, 6) is 1.11. The summed E-state index contributed by atoms with van der Waals surface area (Å²) in [5, 5.41) is 3.15. The molecule has 1 fully saturated rings. The highest BCUT2D eigenvalue weighted by atomic mass is 32.2. The zero-order valence-electron chi connectivity index (χ0n) is 9.96. The van der Waals surface area contributed by atoms with Crippen molar-refractivity contribution >= 4 is 9.84 Å². The maximum Gasteiger partial charge on any atom is 0.150 e. The van der Waals surface area contributed by atoms with E-state index in [2.05, 4.69) is 10.3 Å². The normalized spacial score (nSPS) is 24.6. The summed E-state index contributed by atoms with van der Waals surface area (Å²) in [7, 11) is -0.919. The average molecular weight is 254 g/mol. The van der Waals surface area contributed by atoms with Crippen molar-refractivity contribution in [1.29, 1.82) is 0 Å². The number of nitrogens with one attached hydrogen (secondary N) is 1. The van der Waals surface area contributed by atoms with Gasteiger partial charge in [-0.1, -0.05) is 6.07 Å². The molecule has 0 radical (unpaired) electrons. The van der Waals surface area contributed by atoms with Crippen LogP contribution in [0.15, 0.2) is 24.5 Å². The molecular weight excluding hydrogens is 236 g/mol. The van der Waals surface area contributed by atoms with Gasteiger partial charge in [0.2, 0.25) is 0 Å². The Labute approximate surface area is 102 Å². The zero-order valence-corrected chi connectivity index (χ0v) is 10.8. The second kappa shape index (κ2) is 5.14. The molecule has 0 saturated carbocycles. The minimum Gasteiger partial charge on any atom is -0.319 e. The number of aromatic nitrogens is 1. The highest BCUT2D eigenvalue weighted by Gasteiger charge is 2.34. The molecule has 94 valence electrons. The Balaban J connectivity index is 2.19. The molecule has 0 aromatic carbocycles. The predicted octanol–water partition coefficient (Wildman–Crippen LogP) is 0.819. The fourth-order valence-corrected chi connectivity index (χ4v) is 4.39. The molecule has 5 heteroatoms. The lowest BCUT2D eigenvalue weighted by Gasteiger charge is -2.22. The van der Waals surface area contributed by atoms with Gasteiger partial charge in [-0.3, -0.25) is 4.98 Å². The van der Waals surface area contributed by atoms with Gasteiger partial charge in [-0.2, -0.15) is 0 Å². The average Bonchev–Trinajstić information content (AvgIpc) is 2.67. The second-order valence-corrected chi connectivity index (χ2v) is 6.84. The first-order valence-electron chi connectivity index (χ1n) is 5.87. The largest absolute Gasteiger partial charge is 0.319 e. The molecule has 1 N–H and O–H groups in total. The van der Waals surface area contributed by atoms with E-state index in [4.69, 9.17) is 0 Å². The molecule has 1 aliphatic rings. The quantitative estimate of drug-likeness (QED) is 0.864. The summed E-state index contributed by atoms with van der Waals surface area (Å²) in [6, 6.07) is 3.93. The number of nitrogens with zero attached hydrogens (tertiary/aromatic N) is 1. The Hall–Kier alpha value is -0.940. The third kappa shape index (κ3) is 3.04. The number of likely N-dealkylation sites (N-methyl/N-ethyl adjacent to an activating group) is 1. The van der Waals surface area contributed by atoms with E-state index in [0.717, 1.165) is 18.5 Å². The van der Waals surface area contributed by atoms with Crippen molar-refractivity contribution < 1.29 is 8.42 Å². The standard InChI is InChI=1S/C12H18N2O2S/c1-13-8-12(10-3-2-5-14-7-10)11-4-6-17(15,16)9-11/h2-3,5,7,11-13H,4,6,8-9H2,1H3. The maximum atomic E-state index is 11.5. The van der Waals surface area contributed by atoms with Crippen LogP contribution in [0.2, 0.25) is 0 Å². The van der Waals surface area contributed by atoms with E-state index < -0.39 is 9.84 Å². The maximum absolute atomic E-state index is 11.5. The summed E-state index contributed by atoms with van der Waals surface area (Å²) >= 11 is 0. The fourth-order valence-electron chi connectivity index (χ4n) is 2.51. The van der Waals surface area contributed by atoms with Gasteiger partial charge in [0.05, 0.1) is 11.5 Å². The molecule has 1 aliphatic heterocycles. The molecule has 17 heavy (non-hydrogen) atoms. The van der Waals surface area contributed by atoms with Crippen molar-refractivity contribution in [2.75, 3.05) is 25.1 Å². The van der Waals surface area contributed by atoms with E-state index >= 15 is 0 Å². The van der Waals surface area contributed by atoms with Crippen molar-refractivity contribution in [3.8, 4) is 0 Å². The first-order valence-corrected chi connectivity index (χ1v) is 7.69. The van der Waals surface area contributed by atoms with Gasteiger partial charge in [-0.15, -0.1) is 0 Å². The molecule has 0 spiro atoms. The molecule has 1 aromatic heterocycles. The van der Waals surface area contributed by atoms with Gasteiger partial charge in [0, 0.05) is 24.9 Å². The number of rotatable bonds is 4. The Kier molecular flexibility index (Phi) is 3.79. The molecule has 1 saturated heterocycles. The number of sulfone groups is 1. The van der Waals surface area contributed by atoms with Gasteiger partial charge >= 0.3 is 0 Å². The van der Waals surface area contributed by atoms with Gasteiger partial charge in [-0.25, -0.2) is 8.42 Å². The fraction of sp³-hybridized carbons (Fsp3) is 0.583. The van der Waals surface area contributed by atoms with Crippen LogP contribution in [0.4, 0.5) is 0 Å². The van der Waals surface area contributed by atoms with Crippen LogP contribution in [0.3, 0.4) is 0 Å². The lowest BCUT2D eigenvalue weighted by molar-refractivity contribution is 0.450. The summed E-state index contributed by atoms with van der Waals surface area (Å²) in [5.41, 5.74) is 1.13. The monoisotopic (exact) mass is 254 g/mol. The van der Waals surface area contributed by atoms with Crippen molar-refractivity contribution in [3.63, 3.8) is 0 Å².